The number of carbonyl (C=O) groups is 2. The molecule has 1 atom stereocenters. The number of para-hydroxylation sites is 1. The summed E-state index contributed by atoms with van der Waals surface area (Å²) < 4.78 is 26.5. The molecule has 152 valence electrons. The molecular formula is C19H21N5O4S. The lowest BCUT2D eigenvalue weighted by molar-refractivity contribution is -0.119. The lowest BCUT2D eigenvalue weighted by atomic mass is 10.1. The molecule has 2 amide bonds. The molecule has 1 unspecified atom stereocenters. The molecule has 0 bridgehead atoms. The van der Waals surface area contributed by atoms with E-state index in [4.69, 9.17) is 5.73 Å². The minimum absolute atomic E-state index is 0.0452. The zero-order valence-electron chi connectivity index (χ0n) is 15.9. The Kier molecular flexibility index (Phi) is 5.66. The normalized spacial score (nSPS) is 16.4. The fourth-order valence-corrected chi connectivity index (χ4v) is 3.96. The van der Waals surface area contributed by atoms with Crippen LogP contribution in [0.3, 0.4) is 0 Å². The number of primary amides is 1. The van der Waals surface area contributed by atoms with Gasteiger partial charge in [0.25, 0.3) is 5.91 Å². The first-order chi connectivity index (χ1) is 13.7. The molecule has 0 fully saturated rings. The van der Waals surface area contributed by atoms with Gasteiger partial charge in [-0.3, -0.25) is 14.6 Å². The van der Waals surface area contributed by atoms with Crippen LogP contribution in [0.4, 0.5) is 11.4 Å². The van der Waals surface area contributed by atoms with Crippen LogP contribution in [0.5, 0.6) is 0 Å². The first kappa shape index (κ1) is 20.5. The maximum Gasteiger partial charge on any atom is 0.271 e. The summed E-state index contributed by atoms with van der Waals surface area (Å²) in [5.41, 5.74) is 7.08. The van der Waals surface area contributed by atoms with Gasteiger partial charge >= 0.3 is 0 Å². The Morgan fingerprint density at radius 2 is 1.86 bits per heavy atom. The third kappa shape index (κ3) is 4.28. The number of hydrogen-bond donors (Lipinski definition) is 3. The zero-order chi connectivity index (χ0) is 21.2. The highest BCUT2D eigenvalue weighted by Gasteiger charge is 2.35. The van der Waals surface area contributed by atoms with Crippen LogP contribution < -0.4 is 20.8 Å². The molecule has 2 aromatic carbocycles. The molecule has 0 aromatic heterocycles. The van der Waals surface area contributed by atoms with Crippen LogP contribution in [0.25, 0.3) is 0 Å². The predicted octanol–water partition coefficient (Wildman–Crippen LogP) is 0.962. The van der Waals surface area contributed by atoms with E-state index in [-0.39, 0.29) is 17.0 Å². The van der Waals surface area contributed by atoms with Gasteiger partial charge in [-0.1, -0.05) is 24.3 Å². The average molecular weight is 415 g/mol. The van der Waals surface area contributed by atoms with Gasteiger partial charge in [0.05, 0.1) is 10.6 Å². The first-order valence-corrected chi connectivity index (χ1v) is 10.3. The Balaban J connectivity index is 1.86. The summed E-state index contributed by atoms with van der Waals surface area (Å²) in [6.45, 7) is 1.66. The number of hydrogen-bond acceptors (Lipinski definition) is 6. The van der Waals surface area contributed by atoms with Gasteiger partial charge in [0.2, 0.25) is 15.9 Å². The molecule has 3 rings (SSSR count). The first-order valence-electron chi connectivity index (χ1n) is 8.79. The van der Waals surface area contributed by atoms with Crippen molar-refractivity contribution in [1.82, 2.24) is 4.72 Å². The van der Waals surface area contributed by atoms with Gasteiger partial charge in [0.1, 0.15) is 11.8 Å². The van der Waals surface area contributed by atoms with E-state index in [1.165, 1.54) is 18.1 Å². The lowest BCUT2D eigenvalue weighted by Crippen LogP contribution is -2.39. The Morgan fingerprint density at radius 3 is 2.48 bits per heavy atom. The Hall–Kier alpha value is -3.24. The van der Waals surface area contributed by atoms with E-state index < -0.39 is 27.9 Å². The molecule has 0 aliphatic carbocycles. The number of nitrogens with one attached hydrogen (secondary N) is 2. The van der Waals surface area contributed by atoms with Gasteiger partial charge in [-0.05, 0) is 43.8 Å². The summed E-state index contributed by atoms with van der Waals surface area (Å²) in [6.07, 6.45) is 0.0452. The van der Waals surface area contributed by atoms with Gasteiger partial charge in [0, 0.05) is 12.1 Å². The van der Waals surface area contributed by atoms with Crippen LogP contribution in [0.15, 0.2) is 58.5 Å². The number of sulfonamides is 1. The van der Waals surface area contributed by atoms with Crippen LogP contribution in [-0.4, -0.2) is 39.0 Å². The second kappa shape index (κ2) is 8.02. The summed E-state index contributed by atoms with van der Waals surface area (Å²) in [4.78, 5) is 24.6. The van der Waals surface area contributed by atoms with Crippen LogP contribution >= 0.6 is 0 Å². The molecule has 0 spiro atoms. The van der Waals surface area contributed by atoms with Crippen molar-refractivity contribution < 1.29 is 18.0 Å². The fraction of sp³-hybridized carbons (Fsp3) is 0.211. The van der Waals surface area contributed by atoms with Crippen molar-refractivity contribution in [3.05, 3.63) is 54.1 Å². The van der Waals surface area contributed by atoms with Crippen LogP contribution in [0, 0.1) is 6.92 Å². The van der Waals surface area contributed by atoms with Crippen LogP contribution in [0.1, 0.15) is 12.0 Å². The number of amides is 2. The Labute approximate surface area is 168 Å². The molecule has 1 aliphatic rings. The third-order valence-electron chi connectivity index (χ3n) is 4.53. The van der Waals surface area contributed by atoms with Gasteiger partial charge < -0.3 is 11.1 Å². The topological polar surface area (TPSA) is 134 Å². The van der Waals surface area contributed by atoms with Crippen molar-refractivity contribution in [2.24, 2.45) is 10.8 Å². The molecule has 0 saturated heterocycles. The summed E-state index contributed by atoms with van der Waals surface area (Å²) in [6, 6.07) is 12.7. The quantitative estimate of drug-likeness (QED) is 0.646. The van der Waals surface area contributed by atoms with E-state index in [9.17, 15) is 18.0 Å². The number of aryl methyl sites for hydroxylation is 1. The van der Waals surface area contributed by atoms with E-state index >= 15 is 0 Å². The highest BCUT2D eigenvalue weighted by atomic mass is 32.2. The minimum atomic E-state index is -3.67. The van der Waals surface area contributed by atoms with E-state index in [1.54, 1.807) is 43.3 Å². The predicted molar refractivity (Wildman–Crippen MR) is 110 cm³/mol. The number of carbonyl (C=O) groups excluding carboxylic acids is 2. The second-order valence-corrected chi connectivity index (χ2v) is 8.35. The largest absolute Gasteiger partial charge is 0.368 e. The minimum Gasteiger partial charge on any atom is -0.368 e. The molecule has 10 heteroatoms. The van der Waals surface area contributed by atoms with Crippen molar-refractivity contribution in [3.8, 4) is 0 Å². The number of benzene rings is 2. The molecule has 0 radical (unpaired) electrons. The van der Waals surface area contributed by atoms with Crippen molar-refractivity contribution in [2.45, 2.75) is 24.3 Å². The highest BCUT2D eigenvalue weighted by molar-refractivity contribution is 7.89. The number of rotatable bonds is 6. The number of nitrogens with zero attached hydrogens (tertiary/aromatic N) is 2. The number of hydrazone groups is 1. The standard InChI is InChI=1S/C19H21N5O4S/c1-12-8-9-13(10-17(12)29(27,28)21-2)22-19(26)15-11-16(18(20)25)24(23-15)14-6-4-3-5-7-14/h3-10,16,21H,11H2,1-2H3,(H2,20,25)(H,22,26). The number of anilines is 2. The molecule has 2 aromatic rings. The van der Waals surface area contributed by atoms with E-state index in [0.29, 0.717) is 16.9 Å². The average Bonchev–Trinajstić information content (AvgIpc) is 3.16. The van der Waals surface area contributed by atoms with Crippen molar-refractivity contribution in [2.75, 3.05) is 17.4 Å². The van der Waals surface area contributed by atoms with Crippen molar-refractivity contribution in [3.63, 3.8) is 0 Å². The zero-order valence-corrected chi connectivity index (χ0v) is 16.7. The monoisotopic (exact) mass is 415 g/mol. The van der Waals surface area contributed by atoms with E-state index in [0.717, 1.165) is 0 Å². The summed E-state index contributed by atoms with van der Waals surface area (Å²) >= 11 is 0. The molecular weight excluding hydrogens is 394 g/mol. The molecule has 4 N–H and O–H groups in total. The molecule has 1 aliphatic heterocycles. The second-order valence-electron chi connectivity index (χ2n) is 6.49. The van der Waals surface area contributed by atoms with Crippen LogP contribution in [0.2, 0.25) is 0 Å². The SMILES string of the molecule is CNS(=O)(=O)c1cc(NC(=O)C2=NN(c3ccccc3)C(C(N)=O)C2)ccc1C. The fourth-order valence-electron chi connectivity index (χ4n) is 2.97. The van der Waals surface area contributed by atoms with E-state index in [1.807, 2.05) is 6.07 Å². The molecule has 29 heavy (non-hydrogen) atoms. The van der Waals surface area contributed by atoms with Gasteiger partial charge in [-0.15, -0.1) is 0 Å². The van der Waals surface area contributed by atoms with Gasteiger partial charge in [-0.2, -0.15) is 5.10 Å². The van der Waals surface area contributed by atoms with E-state index in [2.05, 4.69) is 15.1 Å². The van der Waals surface area contributed by atoms with Gasteiger partial charge in [-0.25, -0.2) is 13.1 Å². The Bertz CT molecular complexity index is 1080. The summed E-state index contributed by atoms with van der Waals surface area (Å²) in [5.74, 6) is -1.13. The van der Waals surface area contributed by atoms with Crippen molar-refractivity contribution in [1.29, 1.82) is 0 Å². The smallest absolute Gasteiger partial charge is 0.271 e. The lowest BCUT2D eigenvalue weighted by Gasteiger charge is -2.20. The molecule has 0 saturated carbocycles. The third-order valence-corrected chi connectivity index (χ3v) is 6.08. The summed E-state index contributed by atoms with van der Waals surface area (Å²) in [7, 11) is -2.36. The molecule has 9 nitrogen and oxygen atoms in total. The van der Waals surface area contributed by atoms with Gasteiger partial charge in [0.15, 0.2) is 0 Å². The highest BCUT2D eigenvalue weighted by Crippen LogP contribution is 2.25. The van der Waals surface area contributed by atoms with Crippen LogP contribution in [-0.2, 0) is 19.6 Å². The summed E-state index contributed by atoms with van der Waals surface area (Å²) in [5, 5.41) is 8.33. The maximum atomic E-state index is 12.7. The number of nitrogens with two attached hydrogens (primary N) is 1. The molecule has 1 heterocycles. The Morgan fingerprint density at radius 1 is 1.17 bits per heavy atom. The van der Waals surface area contributed by atoms with Crippen molar-refractivity contribution >= 4 is 38.9 Å². The maximum absolute atomic E-state index is 12.7.